The Hall–Kier alpha value is -3.87. The molecule has 3 fully saturated rings. The van der Waals surface area contributed by atoms with Gasteiger partial charge in [0.25, 0.3) is 0 Å². The zero-order chi connectivity index (χ0) is 36.6. The molecule has 0 aromatic carbocycles. The Morgan fingerprint density at radius 2 is 1.02 bits per heavy atom. The fraction of sp³-hybridized carbons (Fsp3) is 0.774. The number of nitrogens with one attached hydrogen (secondary N) is 1. The summed E-state index contributed by atoms with van der Waals surface area (Å²) in [5.74, 6) is -5.09. The first-order chi connectivity index (χ1) is 23.0. The van der Waals surface area contributed by atoms with E-state index in [1.54, 1.807) is 6.92 Å². The second-order valence-corrected chi connectivity index (χ2v) is 12.0. The Kier molecular flexibility index (Phi) is 14.3. The van der Waals surface area contributed by atoms with E-state index in [2.05, 4.69) is 5.32 Å². The second kappa shape index (κ2) is 17.7. The van der Waals surface area contributed by atoms with E-state index < -0.39 is 122 Å². The normalized spacial score (nSPS) is 31.7. The van der Waals surface area contributed by atoms with Gasteiger partial charge in [0.2, 0.25) is 5.91 Å². The minimum absolute atomic E-state index is 0.165. The van der Waals surface area contributed by atoms with Gasteiger partial charge in [0, 0.05) is 48.5 Å². The number of rotatable bonds is 14. The number of carbonyl (C=O) groups is 7. The summed E-state index contributed by atoms with van der Waals surface area (Å²) in [6, 6.07) is -1.40. The van der Waals surface area contributed by atoms with Crippen molar-refractivity contribution in [3.05, 3.63) is 0 Å². The summed E-state index contributed by atoms with van der Waals surface area (Å²) in [7, 11) is 0. The standard InChI is InChI=1S/C31H45NO17/c1-13(21-9-10-21)42-31-29(28(46-20(8)39)26(44-18(6)37)23(48-31)12-41-16(4)35)49-30-24(32-14(2)33)27(45-19(7)38)25(43-17(5)36)22(47-30)11-40-15(3)34/h13,21-31H,9-12H2,1-8H3,(H,32,33)/t13-,22+,23+,24+,25+,26+,27+,28-,29-,30-,31-/m0/s1. The van der Waals surface area contributed by atoms with Gasteiger partial charge in [0.1, 0.15) is 31.5 Å². The largest absolute Gasteiger partial charge is 0.463 e. The van der Waals surface area contributed by atoms with Crippen molar-refractivity contribution >= 4 is 41.7 Å². The van der Waals surface area contributed by atoms with Gasteiger partial charge in [-0.1, -0.05) is 0 Å². The summed E-state index contributed by atoms with van der Waals surface area (Å²) in [4.78, 5) is 85.3. The Morgan fingerprint density at radius 1 is 0.592 bits per heavy atom. The summed E-state index contributed by atoms with van der Waals surface area (Å²) in [6.07, 6.45) is -11.5. The lowest BCUT2D eigenvalue weighted by molar-refractivity contribution is -0.361. The maximum atomic E-state index is 12.5. The molecule has 1 amide bonds. The Morgan fingerprint density at radius 3 is 1.45 bits per heavy atom. The molecule has 2 heterocycles. The molecular weight excluding hydrogens is 658 g/mol. The van der Waals surface area contributed by atoms with Crippen molar-refractivity contribution in [1.82, 2.24) is 5.32 Å². The third kappa shape index (κ3) is 11.9. The van der Waals surface area contributed by atoms with E-state index in [1.165, 1.54) is 13.8 Å². The highest BCUT2D eigenvalue weighted by Crippen LogP contribution is 2.39. The van der Waals surface area contributed by atoms with E-state index in [-0.39, 0.29) is 5.92 Å². The Labute approximate surface area is 282 Å². The molecule has 276 valence electrons. The van der Waals surface area contributed by atoms with Crippen LogP contribution in [0.25, 0.3) is 0 Å². The lowest BCUT2D eigenvalue weighted by atomic mass is 9.94. The number of hydrogen-bond donors (Lipinski definition) is 1. The van der Waals surface area contributed by atoms with Gasteiger partial charge in [-0.05, 0) is 25.7 Å². The molecule has 0 spiro atoms. The monoisotopic (exact) mass is 703 g/mol. The highest BCUT2D eigenvalue weighted by molar-refractivity contribution is 5.74. The average molecular weight is 704 g/mol. The van der Waals surface area contributed by atoms with Gasteiger partial charge >= 0.3 is 35.8 Å². The van der Waals surface area contributed by atoms with Crippen molar-refractivity contribution in [2.45, 2.75) is 136 Å². The molecule has 11 atom stereocenters. The maximum absolute atomic E-state index is 12.5. The summed E-state index contributed by atoms with van der Waals surface area (Å²) in [5, 5.41) is 2.59. The molecule has 49 heavy (non-hydrogen) atoms. The molecule has 0 radical (unpaired) electrons. The molecule has 2 saturated heterocycles. The Balaban J connectivity index is 2.14. The average Bonchev–Trinajstić information content (AvgIpc) is 3.81. The van der Waals surface area contributed by atoms with Crippen LogP contribution in [0.4, 0.5) is 0 Å². The van der Waals surface area contributed by atoms with E-state index in [9.17, 15) is 33.6 Å². The van der Waals surface area contributed by atoms with Crippen LogP contribution in [0.15, 0.2) is 0 Å². The first-order valence-electron chi connectivity index (χ1n) is 15.8. The maximum Gasteiger partial charge on any atom is 0.303 e. The first kappa shape index (κ1) is 39.6. The van der Waals surface area contributed by atoms with Crippen molar-refractivity contribution in [3.8, 4) is 0 Å². The van der Waals surface area contributed by atoms with Crippen LogP contribution in [-0.2, 0) is 80.9 Å². The van der Waals surface area contributed by atoms with Crippen LogP contribution in [0.2, 0.25) is 0 Å². The highest BCUT2D eigenvalue weighted by Gasteiger charge is 2.57. The van der Waals surface area contributed by atoms with Crippen molar-refractivity contribution in [3.63, 3.8) is 0 Å². The lowest BCUT2D eigenvalue weighted by Gasteiger charge is -2.49. The Bertz CT molecular complexity index is 1240. The third-order valence-electron chi connectivity index (χ3n) is 7.64. The molecule has 1 N–H and O–H groups in total. The summed E-state index contributed by atoms with van der Waals surface area (Å²) in [5.41, 5.74) is 0. The van der Waals surface area contributed by atoms with Crippen LogP contribution in [0.3, 0.4) is 0 Å². The molecule has 3 aliphatic rings. The van der Waals surface area contributed by atoms with E-state index in [1.807, 2.05) is 0 Å². The molecular formula is C31H45NO17. The molecule has 18 heteroatoms. The van der Waals surface area contributed by atoms with Crippen LogP contribution in [0.5, 0.6) is 0 Å². The zero-order valence-corrected chi connectivity index (χ0v) is 28.7. The fourth-order valence-electron chi connectivity index (χ4n) is 5.58. The lowest BCUT2D eigenvalue weighted by Crippen LogP contribution is -2.69. The second-order valence-electron chi connectivity index (χ2n) is 12.0. The van der Waals surface area contributed by atoms with Crippen molar-refractivity contribution in [1.29, 1.82) is 0 Å². The van der Waals surface area contributed by atoms with Crippen LogP contribution in [0, 0.1) is 5.92 Å². The van der Waals surface area contributed by atoms with Gasteiger partial charge in [-0.3, -0.25) is 33.6 Å². The van der Waals surface area contributed by atoms with Gasteiger partial charge in [0.05, 0.1) is 6.10 Å². The minimum Gasteiger partial charge on any atom is -0.463 e. The quantitative estimate of drug-likeness (QED) is 0.186. The van der Waals surface area contributed by atoms with Crippen LogP contribution in [0.1, 0.15) is 68.2 Å². The van der Waals surface area contributed by atoms with Crippen LogP contribution >= 0.6 is 0 Å². The van der Waals surface area contributed by atoms with Gasteiger partial charge in [0.15, 0.2) is 43.1 Å². The van der Waals surface area contributed by atoms with E-state index >= 15 is 0 Å². The molecule has 0 aromatic heterocycles. The molecule has 0 unspecified atom stereocenters. The molecule has 18 nitrogen and oxygen atoms in total. The SMILES string of the molecule is CC(=O)N[C@H]1[C@H](O[C@@H]2[C@@H](O[C@@H](C)C3CC3)O[C@H](COC(C)=O)[C@@H](OC(C)=O)[C@@H]2OC(C)=O)O[C@H](COC(C)=O)[C@@H](OC(C)=O)[C@@H]1OC(C)=O. The molecule has 0 bridgehead atoms. The summed E-state index contributed by atoms with van der Waals surface area (Å²) >= 11 is 0. The fourth-order valence-corrected chi connectivity index (χ4v) is 5.58. The molecule has 1 aliphatic carbocycles. The van der Waals surface area contributed by atoms with E-state index in [0.29, 0.717) is 0 Å². The summed E-state index contributed by atoms with van der Waals surface area (Å²) in [6.45, 7) is 8.72. The first-order valence-corrected chi connectivity index (χ1v) is 15.8. The van der Waals surface area contributed by atoms with E-state index in [0.717, 1.165) is 47.5 Å². The predicted octanol–water partition coefficient (Wildman–Crippen LogP) is -0.00580. The molecule has 0 aromatic rings. The number of esters is 6. The predicted molar refractivity (Wildman–Crippen MR) is 159 cm³/mol. The number of carbonyl (C=O) groups excluding carboxylic acids is 7. The minimum atomic E-state index is -1.63. The van der Waals surface area contributed by atoms with Gasteiger partial charge < -0.3 is 52.7 Å². The van der Waals surface area contributed by atoms with Crippen molar-refractivity contribution < 1.29 is 80.9 Å². The topological polar surface area (TPSA) is 224 Å². The smallest absolute Gasteiger partial charge is 0.303 e. The summed E-state index contributed by atoms with van der Waals surface area (Å²) < 4.78 is 57.5. The number of hydrogen-bond acceptors (Lipinski definition) is 17. The zero-order valence-electron chi connectivity index (χ0n) is 28.7. The number of ether oxygens (including phenoxy) is 10. The highest BCUT2D eigenvalue weighted by atomic mass is 16.8. The number of amides is 1. The molecule has 3 rings (SSSR count). The third-order valence-corrected chi connectivity index (χ3v) is 7.64. The van der Waals surface area contributed by atoms with Crippen LogP contribution < -0.4 is 5.32 Å². The van der Waals surface area contributed by atoms with Crippen LogP contribution in [-0.4, -0.2) is 122 Å². The van der Waals surface area contributed by atoms with Crippen molar-refractivity contribution in [2.75, 3.05) is 13.2 Å². The van der Waals surface area contributed by atoms with Gasteiger partial charge in [-0.25, -0.2) is 0 Å². The molecule has 1 saturated carbocycles. The molecule has 2 aliphatic heterocycles. The van der Waals surface area contributed by atoms with E-state index in [4.69, 9.17) is 47.4 Å². The van der Waals surface area contributed by atoms with Gasteiger partial charge in [-0.2, -0.15) is 0 Å². The van der Waals surface area contributed by atoms with Gasteiger partial charge in [-0.15, -0.1) is 0 Å². The van der Waals surface area contributed by atoms with Crippen molar-refractivity contribution in [2.24, 2.45) is 5.92 Å².